The lowest BCUT2D eigenvalue weighted by Gasteiger charge is -2.03. The number of ether oxygens (including phenoxy) is 1. The summed E-state index contributed by atoms with van der Waals surface area (Å²) in [6.45, 7) is 0. The first-order chi connectivity index (χ1) is 7.19. The van der Waals surface area contributed by atoms with Crippen molar-refractivity contribution in [1.29, 1.82) is 0 Å². The van der Waals surface area contributed by atoms with E-state index in [2.05, 4.69) is 0 Å². The van der Waals surface area contributed by atoms with Crippen molar-refractivity contribution in [3.63, 3.8) is 0 Å². The van der Waals surface area contributed by atoms with E-state index in [1.807, 2.05) is 0 Å². The second-order valence-electron chi connectivity index (χ2n) is 2.75. The van der Waals surface area contributed by atoms with Gasteiger partial charge in [0.1, 0.15) is 12.0 Å². The Labute approximate surface area is 86.8 Å². The van der Waals surface area contributed by atoms with Crippen LogP contribution in [-0.4, -0.2) is 24.5 Å². The average Bonchev–Trinajstić information content (AvgIpc) is 2.26. The number of benzene rings is 1. The summed E-state index contributed by atoms with van der Waals surface area (Å²) < 4.78 is 4.93. The molecule has 0 aliphatic heterocycles. The van der Waals surface area contributed by atoms with Crippen LogP contribution in [0.5, 0.6) is 5.75 Å². The highest BCUT2D eigenvalue weighted by atomic mass is 16.5. The summed E-state index contributed by atoms with van der Waals surface area (Å²) >= 11 is 0. The van der Waals surface area contributed by atoms with Crippen LogP contribution in [0.3, 0.4) is 0 Å². The molecular weight excluding hydrogens is 196 g/mol. The average molecular weight is 206 g/mol. The molecule has 0 aromatic heterocycles. The maximum Gasteiger partial charge on any atom is 0.336 e. The Hall–Kier alpha value is -2.10. The summed E-state index contributed by atoms with van der Waals surface area (Å²) in [6, 6.07) is 6.44. The molecule has 0 saturated heterocycles. The molecule has 0 heterocycles. The Morgan fingerprint density at radius 3 is 2.33 bits per heavy atom. The molecular formula is C11H10O4. The van der Waals surface area contributed by atoms with E-state index in [-0.39, 0.29) is 5.57 Å². The minimum absolute atomic E-state index is 0.0346. The summed E-state index contributed by atoms with van der Waals surface area (Å²) in [5.41, 5.74) is 0.433. The number of carboxylic acid groups (broad SMARTS) is 1. The number of carboxylic acids is 1. The number of hydrogen-bond acceptors (Lipinski definition) is 3. The number of carbonyl (C=O) groups excluding carboxylic acids is 1. The number of rotatable bonds is 4. The fraction of sp³-hybridized carbons (Fsp3) is 0.0909. The zero-order valence-corrected chi connectivity index (χ0v) is 8.14. The van der Waals surface area contributed by atoms with Gasteiger partial charge in [-0.25, -0.2) is 4.79 Å². The van der Waals surface area contributed by atoms with E-state index in [4.69, 9.17) is 9.84 Å². The normalized spacial score (nSPS) is 10.9. The van der Waals surface area contributed by atoms with Gasteiger partial charge >= 0.3 is 5.97 Å². The lowest BCUT2D eigenvalue weighted by molar-refractivity contribution is -0.130. The lowest BCUT2D eigenvalue weighted by atomic mass is 10.1. The molecule has 1 N–H and O–H groups in total. The number of allylic oxidation sites excluding steroid dienone is 1. The molecule has 0 unspecified atom stereocenters. The first kappa shape index (κ1) is 11.0. The molecule has 0 aliphatic rings. The fourth-order valence-corrected chi connectivity index (χ4v) is 1.13. The molecule has 1 rings (SSSR count). The van der Waals surface area contributed by atoms with Crippen LogP contribution in [-0.2, 0) is 9.59 Å². The highest BCUT2D eigenvalue weighted by Crippen LogP contribution is 2.18. The third kappa shape index (κ3) is 2.67. The van der Waals surface area contributed by atoms with Gasteiger partial charge in [0.15, 0.2) is 0 Å². The smallest absolute Gasteiger partial charge is 0.336 e. The van der Waals surface area contributed by atoms with Crippen molar-refractivity contribution >= 4 is 17.8 Å². The van der Waals surface area contributed by atoms with E-state index in [0.717, 1.165) is 6.08 Å². The van der Waals surface area contributed by atoms with Crippen molar-refractivity contribution < 1.29 is 19.4 Å². The Morgan fingerprint density at radius 2 is 1.93 bits per heavy atom. The predicted octanol–water partition coefficient (Wildman–Crippen LogP) is 1.36. The quantitative estimate of drug-likeness (QED) is 0.596. The number of carbonyl (C=O) groups is 2. The maximum atomic E-state index is 10.8. The van der Waals surface area contributed by atoms with Crippen LogP contribution in [0.25, 0.3) is 5.57 Å². The first-order valence-electron chi connectivity index (χ1n) is 4.22. The van der Waals surface area contributed by atoms with Crippen LogP contribution in [0.15, 0.2) is 30.3 Å². The maximum absolute atomic E-state index is 10.8. The Bertz CT molecular complexity index is 390. The number of hydrogen-bond donors (Lipinski definition) is 1. The van der Waals surface area contributed by atoms with E-state index < -0.39 is 5.97 Å². The van der Waals surface area contributed by atoms with Gasteiger partial charge < -0.3 is 9.84 Å². The molecule has 0 radical (unpaired) electrons. The van der Waals surface area contributed by atoms with Crippen molar-refractivity contribution in [2.75, 3.05) is 7.11 Å². The molecule has 4 nitrogen and oxygen atoms in total. The van der Waals surface area contributed by atoms with Crippen LogP contribution >= 0.6 is 0 Å². The van der Waals surface area contributed by atoms with Crippen LogP contribution < -0.4 is 4.74 Å². The van der Waals surface area contributed by atoms with Crippen LogP contribution in [0.1, 0.15) is 5.56 Å². The van der Waals surface area contributed by atoms with Crippen molar-refractivity contribution in [3.8, 4) is 5.75 Å². The Balaban J connectivity index is 3.07. The highest BCUT2D eigenvalue weighted by molar-refractivity contribution is 6.18. The van der Waals surface area contributed by atoms with E-state index >= 15 is 0 Å². The number of methoxy groups -OCH3 is 1. The monoisotopic (exact) mass is 206 g/mol. The largest absolute Gasteiger partial charge is 0.497 e. The molecule has 1 aromatic carbocycles. The summed E-state index contributed by atoms with van der Waals surface area (Å²) in [7, 11) is 1.52. The topological polar surface area (TPSA) is 63.6 Å². The molecule has 0 spiro atoms. The molecule has 0 aliphatic carbocycles. The van der Waals surface area contributed by atoms with Gasteiger partial charge in [0.05, 0.1) is 12.7 Å². The van der Waals surface area contributed by atoms with E-state index in [0.29, 0.717) is 17.6 Å². The first-order valence-corrected chi connectivity index (χ1v) is 4.22. The molecule has 0 atom stereocenters. The molecule has 0 amide bonds. The second-order valence-corrected chi connectivity index (χ2v) is 2.75. The third-order valence-electron chi connectivity index (χ3n) is 1.87. The van der Waals surface area contributed by atoms with Gasteiger partial charge in [0.25, 0.3) is 0 Å². The summed E-state index contributed by atoms with van der Waals surface area (Å²) in [6.07, 6.45) is 1.47. The molecule has 0 fully saturated rings. The van der Waals surface area contributed by atoms with E-state index in [9.17, 15) is 9.59 Å². The summed E-state index contributed by atoms with van der Waals surface area (Å²) in [5.74, 6) is -0.498. The Kier molecular flexibility index (Phi) is 3.62. The van der Waals surface area contributed by atoms with Gasteiger partial charge in [-0.15, -0.1) is 0 Å². The second kappa shape index (κ2) is 4.95. The molecule has 1 aromatic rings. The highest BCUT2D eigenvalue weighted by Gasteiger charge is 2.09. The van der Waals surface area contributed by atoms with Gasteiger partial charge in [0.2, 0.25) is 0 Å². The zero-order valence-electron chi connectivity index (χ0n) is 8.14. The van der Waals surface area contributed by atoms with Gasteiger partial charge in [-0.05, 0) is 23.8 Å². The van der Waals surface area contributed by atoms with Crippen LogP contribution in [0, 0.1) is 0 Å². The van der Waals surface area contributed by atoms with Crippen LogP contribution in [0.2, 0.25) is 0 Å². The SMILES string of the molecule is COc1ccc(/C(=C\C=O)C(=O)O)cc1. The Morgan fingerprint density at radius 1 is 1.33 bits per heavy atom. The number of aliphatic carboxylic acids is 1. The van der Waals surface area contributed by atoms with Crippen molar-refractivity contribution in [1.82, 2.24) is 0 Å². The molecule has 15 heavy (non-hydrogen) atoms. The van der Waals surface area contributed by atoms with Gasteiger partial charge in [-0.1, -0.05) is 12.1 Å². The lowest BCUT2D eigenvalue weighted by Crippen LogP contribution is -2.00. The van der Waals surface area contributed by atoms with Crippen molar-refractivity contribution in [2.45, 2.75) is 0 Å². The van der Waals surface area contributed by atoms with Gasteiger partial charge in [-0.3, -0.25) is 4.79 Å². The van der Waals surface area contributed by atoms with E-state index in [1.54, 1.807) is 24.3 Å². The molecule has 0 bridgehead atoms. The fourth-order valence-electron chi connectivity index (χ4n) is 1.13. The number of aldehydes is 1. The minimum Gasteiger partial charge on any atom is -0.497 e. The van der Waals surface area contributed by atoms with E-state index in [1.165, 1.54) is 7.11 Å². The summed E-state index contributed by atoms with van der Waals surface area (Å²) in [4.78, 5) is 21.0. The molecule has 0 saturated carbocycles. The standard InChI is InChI=1S/C11H10O4/c1-15-9-4-2-8(3-5-9)10(6-7-12)11(13)14/h2-7H,1H3,(H,13,14)/b10-6+. The minimum atomic E-state index is -1.13. The van der Waals surface area contributed by atoms with Gasteiger partial charge in [0, 0.05) is 0 Å². The third-order valence-corrected chi connectivity index (χ3v) is 1.87. The zero-order chi connectivity index (χ0) is 11.3. The predicted molar refractivity (Wildman–Crippen MR) is 54.7 cm³/mol. The molecule has 78 valence electrons. The van der Waals surface area contributed by atoms with Gasteiger partial charge in [-0.2, -0.15) is 0 Å². The van der Waals surface area contributed by atoms with Crippen LogP contribution in [0.4, 0.5) is 0 Å². The van der Waals surface area contributed by atoms with Crippen molar-refractivity contribution in [3.05, 3.63) is 35.9 Å². The molecule has 4 heteroatoms. The van der Waals surface area contributed by atoms with Crippen molar-refractivity contribution in [2.24, 2.45) is 0 Å². The summed E-state index contributed by atoms with van der Waals surface area (Å²) in [5, 5.41) is 8.83.